The summed E-state index contributed by atoms with van der Waals surface area (Å²) in [5.41, 5.74) is -0.568. The molecule has 0 amide bonds. The summed E-state index contributed by atoms with van der Waals surface area (Å²) in [6.45, 7) is 4.33. The lowest BCUT2D eigenvalue weighted by Gasteiger charge is -2.32. The van der Waals surface area contributed by atoms with Crippen molar-refractivity contribution in [3.05, 3.63) is 22.5 Å². The van der Waals surface area contributed by atoms with E-state index in [9.17, 15) is 4.79 Å². The highest BCUT2D eigenvalue weighted by atomic mass is 16.5. The van der Waals surface area contributed by atoms with Crippen LogP contribution >= 0.6 is 0 Å². The second-order valence-corrected chi connectivity index (χ2v) is 4.54. The molecule has 1 aromatic rings. The van der Waals surface area contributed by atoms with Crippen LogP contribution in [0.25, 0.3) is 0 Å². The number of ether oxygens (including phenoxy) is 2. The molecular formula is C12H21N3O3. The normalized spacial score (nSPS) is 13.4. The first kappa shape index (κ1) is 14.7. The van der Waals surface area contributed by atoms with Gasteiger partial charge in [0.1, 0.15) is 0 Å². The number of methoxy groups -OCH3 is 2. The molecule has 0 radical (unpaired) electrons. The van der Waals surface area contributed by atoms with Crippen LogP contribution in [0.5, 0.6) is 5.88 Å². The van der Waals surface area contributed by atoms with Crippen molar-refractivity contribution < 1.29 is 9.47 Å². The Morgan fingerprint density at radius 2 is 2.11 bits per heavy atom. The topological polar surface area (TPSA) is 65.4 Å². The molecule has 0 aliphatic rings. The molecule has 0 saturated carbocycles. The Balaban J connectivity index is 2.98. The van der Waals surface area contributed by atoms with Crippen molar-refractivity contribution in [1.29, 1.82) is 0 Å². The summed E-state index contributed by atoms with van der Waals surface area (Å²) in [7, 11) is 4.99. The van der Waals surface area contributed by atoms with Crippen molar-refractivity contribution in [3.63, 3.8) is 0 Å². The first-order valence-corrected chi connectivity index (χ1v) is 5.79. The summed E-state index contributed by atoms with van der Waals surface area (Å²) in [4.78, 5) is 11.7. The van der Waals surface area contributed by atoms with Crippen LogP contribution in [0, 0.1) is 0 Å². The van der Waals surface area contributed by atoms with E-state index in [4.69, 9.17) is 9.47 Å². The van der Waals surface area contributed by atoms with Crippen molar-refractivity contribution in [2.24, 2.45) is 0 Å². The van der Waals surface area contributed by atoms with Crippen molar-refractivity contribution in [2.45, 2.75) is 32.0 Å². The lowest BCUT2D eigenvalue weighted by atomic mass is 9.99. The molecular weight excluding hydrogens is 234 g/mol. The van der Waals surface area contributed by atoms with E-state index in [0.29, 0.717) is 12.4 Å². The van der Waals surface area contributed by atoms with Gasteiger partial charge >= 0.3 is 0 Å². The number of hydrogen-bond acceptors (Lipinski definition) is 5. The van der Waals surface area contributed by atoms with Gasteiger partial charge in [-0.3, -0.25) is 4.79 Å². The van der Waals surface area contributed by atoms with Crippen LogP contribution in [-0.4, -0.2) is 42.7 Å². The molecule has 0 aromatic carbocycles. The van der Waals surface area contributed by atoms with Crippen molar-refractivity contribution >= 4 is 0 Å². The van der Waals surface area contributed by atoms with Gasteiger partial charge in [0, 0.05) is 19.2 Å². The minimum atomic E-state index is -0.404. The summed E-state index contributed by atoms with van der Waals surface area (Å²) in [5, 5.41) is 7.25. The Morgan fingerprint density at radius 3 is 2.61 bits per heavy atom. The second-order valence-electron chi connectivity index (χ2n) is 4.54. The fraction of sp³-hybridized carbons (Fsp3) is 0.667. The molecule has 18 heavy (non-hydrogen) atoms. The van der Waals surface area contributed by atoms with Gasteiger partial charge in [0.25, 0.3) is 5.56 Å². The van der Waals surface area contributed by atoms with Crippen LogP contribution in [0.15, 0.2) is 16.9 Å². The van der Waals surface area contributed by atoms with Gasteiger partial charge in [-0.2, -0.15) is 0 Å². The van der Waals surface area contributed by atoms with Gasteiger partial charge in [0.2, 0.25) is 5.88 Å². The van der Waals surface area contributed by atoms with Crippen LogP contribution in [0.2, 0.25) is 0 Å². The highest BCUT2D eigenvalue weighted by Crippen LogP contribution is 2.14. The lowest BCUT2D eigenvalue weighted by Crippen LogP contribution is -2.50. The first-order chi connectivity index (χ1) is 8.44. The molecule has 1 aromatic heterocycles. The molecule has 0 bridgehead atoms. The number of aromatic nitrogens is 2. The predicted octanol–water partition coefficient (Wildman–Crippen LogP) is 0.265. The third-order valence-electron chi connectivity index (χ3n) is 3.12. The van der Waals surface area contributed by atoms with E-state index in [1.165, 1.54) is 17.9 Å². The van der Waals surface area contributed by atoms with Crippen LogP contribution in [0.1, 0.15) is 13.8 Å². The summed E-state index contributed by atoms with van der Waals surface area (Å²) in [6.07, 6.45) is 0. The van der Waals surface area contributed by atoms with Crippen LogP contribution < -0.4 is 15.6 Å². The number of nitrogens with one attached hydrogen (secondary N) is 1. The molecule has 6 nitrogen and oxygen atoms in total. The SMILES string of the molecule is CNC(Cn1nc(OC)ccc1=O)C(C)(C)OC. The molecule has 102 valence electrons. The van der Waals surface area contributed by atoms with Gasteiger partial charge in [0.15, 0.2) is 0 Å². The molecule has 1 atom stereocenters. The largest absolute Gasteiger partial charge is 0.480 e. The number of likely N-dealkylation sites (N-methyl/N-ethyl adjacent to an activating group) is 1. The van der Waals surface area contributed by atoms with Gasteiger partial charge in [-0.1, -0.05) is 0 Å². The fourth-order valence-electron chi connectivity index (χ4n) is 1.64. The maximum Gasteiger partial charge on any atom is 0.267 e. The van der Waals surface area contributed by atoms with Crippen LogP contribution in [0.4, 0.5) is 0 Å². The van der Waals surface area contributed by atoms with E-state index >= 15 is 0 Å². The molecule has 1 heterocycles. The molecule has 0 saturated heterocycles. The Morgan fingerprint density at radius 1 is 1.44 bits per heavy atom. The third kappa shape index (κ3) is 3.30. The number of hydrogen-bond donors (Lipinski definition) is 1. The summed E-state index contributed by atoms with van der Waals surface area (Å²) >= 11 is 0. The van der Waals surface area contributed by atoms with E-state index in [-0.39, 0.29) is 11.6 Å². The minimum absolute atomic E-state index is 0.0418. The molecule has 0 fully saturated rings. The quantitative estimate of drug-likeness (QED) is 0.790. The third-order valence-corrected chi connectivity index (χ3v) is 3.12. The average molecular weight is 255 g/mol. The highest BCUT2D eigenvalue weighted by Gasteiger charge is 2.28. The Labute approximate surface area is 107 Å². The first-order valence-electron chi connectivity index (χ1n) is 5.79. The van der Waals surface area contributed by atoms with Crippen LogP contribution in [-0.2, 0) is 11.3 Å². The van der Waals surface area contributed by atoms with Crippen molar-refractivity contribution in [2.75, 3.05) is 21.3 Å². The number of nitrogens with zero attached hydrogens (tertiary/aromatic N) is 2. The van der Waals surface area contributed by atoms with Gasteiger partial charge in [-0.25, -0.2) is 4.68 Å². The van der Waals surface area contributed by atoms with E-state index in [1.54, 1.807) is 13.2 Å². The molecule has 6 heteroatoms. The fourth-order valence-corrected chi connectivity index (χ4v) is 1.64. The molecule has 1 unspecified atom stereocenters. The highest BCUT2D eigenvalue weighted by molar-refractivity contribution is 5.06. The maximum atomic E-state index is 11.7. The Bertz CT molecular complexity index is 442. The second kappa shape index (κ2) is 5.97. The monoisotopic (exact) mass is 255 g/mol. The van der Waals surface area contributed by atoms with Crippen molar-refractivity contribution in [1.82, 2.24) is 15.1 Å². The van der Waals surface area contributed by atoms with E-state index in [1.807, 2.05) is 20.9 Å². The smallest absolute Gasteiger partial charge is 0.267 e. The predicted molar refractivity (Wildman–Crippen MR) is 69.0 cm³/mol. The van der Waals surface area contributed by atoms with Gasteiger partial charge in [0.05, 0.1) is 25.3 Å². The zero-order valence-electron chi connectivity index (χ0n) is 11.6. The molecule has 0 aliphatic carbocycles. The van der Waals surface area contributed by atoms with Gasteiger partial charge in [-0.15, -0.1) is 5.10 Å². The zero-order valence-corrected chi connectivity index (χ0v) is 11.6. The van der Waals surface area contributed by atoms with E-state index < -0.39 is 5.60 Å². The molecule has 0 spiro atoms. The lowest BCUT2D eigenvalue weighted by molar-refractivity contribution is -0.0141. The molecule has 1 rings (SSSR count). The van der Waals surface area contributed by atoms with E-state index in [2.05, 4.69) is 10.4 Å². The summed E-state index contributed by atoms with van der Waals surface area (Å²) < 4.78 is 11.8. The zero-order chi connectivity index (χ0) is 13.8. The van der Waals surface area contributed by atoms with Gasteiger partial charge in [-0.05, 0) is 20.9 Å². The average Bonchev–Trinajstić information content (AvgIpc) is 2.37. The maximum absolute atomic E-state index is 11.7. The minimum Gasteiger partial charge on any atom is -0.480 e. The van der Waals surface area contributed by atoms with Gasteiger partial charge < -0.3 is 14.8 Å². The summed E-state index contributed by atoms with van der Waals surface area (Å²) in [6, 6.07) is 2.95. The Kier molecular flexibility index (Phi) is 4.86. The molecule has 0 aliphatic heterocycles. The Hall–Kier alpha value is -1.40. The standard InChI is InChI=1S/C12H21N3O3/c1-12(2,18-5)9(13-3)8-15-11(16)7-6-10(14-15)17-4/h6-7,9,13H,8H2,1-5H3. The number of rotatable bonds is 6. The van der Waals surface area contributed by atoms with E-state index in [0.717, 1.165) is 0 Å². The summed E-state index contributed by atoms with van der Waals surface area (Å²) in [5.74, 6) is 0.416. The van der Waals surface area contributed by atoms with Crippen LogP contribution in [0.3, 0.4) is 0 Å². The molecule has 1 N–H and O–H groups in total. The van der Waals surface area contributed by atoms with Crippen molar-refractivity contribution in [3.8, 4) is 5.88 Å².